The number of carbonyl (C=O) groups excluding carboxylic acids is 1. The van der Waals surface area contributed by atoms with Crippen LogP contribution in [0.3, 0.4) is 0 Å². The molecular formula is C10H13N7O. The molecule has 0 aromatic carbocycles. The van der Waals surface area contributed by atoms with Crippen LogP contribution in [0.2, 0.25) is 0 Å². The second kappa shape index (κ2) is 5.71. The van der Waals surface area contributed by atoms with E-state index in [1.165, 1.54) is 6.33 Å². The summed E-state index contributed by atoms with van der Waals surface area (Å²) in [5.74, 6) is 0.982. The van der Waals surface area contributed by atoms with Crippen LogP contribution < -0.4 is 10.2 Å². The van der Waals surface area contributed by atoms with E-state index in [9.17, 15) is 4.79 Å². The van der Waals surface area contributed by atoms with Gasteiger partial charge in [0.1, 0.15) is 12.2 Å². The van der Waals surface area contributed by atoms with Gasteiger partial charge in [0.2, 0.25) is 11.9 Å². The van der Waals surface area contributed by atoms with Crippen molar-refractivity contribution in [3.05, 3.63) is 30.6 Å². The van der Waals surface area contributed by atoms with Gasteiger partial charge in [0, 0.05) is 19.4 Å². The molecule has 0 aliphatic heterocycles. The number of anilines is 1. The molecule has 8 heteroatoms. The Balaban J connectivity index is 1.80. The zero-order chi connectivity index (χ0) is 12.8. The molecule has 0 unspecified atom stereocenters. The molecule has 0 radical (unpaired) electrons. The number of nitrogens with one attached hydrogen (secondary N) is 2. The van der Waals surface area contributed by atoms with Crippen molar-refractivity contribution in [3.8, 4) is 0 Å². The number of hydrogen-bond donors (Lipinski definition) is 2. The lowest BCUT2D eigenvalue weighted by atomic mass is 10.5. The molecule has 2 aromatic rings. The Morgan fingerprint density at radius 1 is 1.39 bits per heavy atom. The normalized spacial score (nSPS) is 10.1. The van der Waals surface area contributed by atoms with Gasteiger partial charge in [-0.15, -0.1) is 0 Å². The average Bonchev–Trinajstić information content (AvgIpc) is 2.90. The van der Waals surface area contributed by atoms with Crippen LogP contribution in [0.4, 0.5) is 5.95 Å². The van der Waals surface area contributed by atoms with Gasteiger partial charge in [0.15, 0.2) is 0 Å². The number of nitrogens with zero attached hydrogens (tertiary/aromatic N) is 5. The van der Waals surface area contributed by atoms with Crippen LogP contribution in [0.15, 0.2) is 24.8 Å². The van der Waals surface area contributed by atoms with Gasteiger partial charge in [0.25, 0.3) is 0 Å². The van der Waals surface area contributed by atoms with Crippen LogP contribution in [0.1, 0.15) is 5.82 Å². The molecule has 8 nitrogen and oxygen atoms in total. The number of aromatic nitrogens is 5. The highest BCUT2D eigenvalue weighted by atomic mass is 16.2. The summed E-state index contributed by atoms with van der Waals surface area (Å²) in [7, 11) is 1.75. The Morgan fingerprint density at radius 3 is 2.83 bits per heavy atom. The number of carbonyl (C=O) groups is 1. The zero-order valence-corrected chi connectivity index (χ0v) is 9.87. The van der Waals surface area contributed by atoms with Crippen LogP contribution in [0.5, 0.6) is 0 Å². The van der Waals surface area contributed by atoms with Crippen LogP contribution >= 0.6 is 0 Å². The molecule has 2 heterocycles. The standard InChI is InChI=1S/C10H13N7O/c1-17(10-11-3-2-4-12-10)6-9(18)13-5-8-14-7-15-16-8/h2-4,7H,5-6H2,1H3,(H,13,18)(H,14,15,16). The lowest BCUT2D eigenvalue weighted by Crippen LogP contribution is -2.35. The molecule has 2 rings (SSSR count). The fourth-order valence-electron chi connectivity index (χ4n) is 1.33. The first-order valence-corrected chi connectivity index (χ1v) is 5.35. The van der Waals surface area contributed by atoms with Crippen molar-refractivity contribution in [1.29, 1.82) is 0 Å². The smallest absolute Gasteiger partial charge is 0.239 e. The van der Waals surface area contributed by atoms with Crippen LogP contribution in [0, 0.1) is 0 Å². The minimum atomic E-state index is -0.138. The minimum absolute atomic E-state index is 0.138. The second-order valence-corrected chi connectivity index (χ2v) is 3.61. The molecular weight excluding hydrogens is 234 g/mol. The summed E-state index contributed by atoms with van der Waals surface area (Å²) in [6.45, 7) is 0.500. The van der Waals surface area contributed by atoms with Gasteiger partial charge in [-0.25, -0.2) is 15.0 Å². The monoisotopic (exact) mass is 247 g/mol. The van der Waals surface area contributed by atoms with E-state index in [0.29, 0.717) is 18.3 Å². The molecule has 1 amide bonds. The average molecular weight is 247 g/mol. The first kappa shape index (κ1) is 12.0. The summed E-state index contributed by atoms with van der Waals surface area (Å²) in [6, 6.07) is 1.72. The minimum Gasteiger partial charge on any atom is -0.347 e. The van der Waals surface area contributed by atoms with Crippen LogP contribution in [-0.2, 0) is 11.3 Å². The summed E-state index contributed by atoms with van der Waals surface area (Å²) in [6.07, 6.45) is 4.65. The molecule has 0 fully saturated rings. The number of H-pyrrole nitrogens is 1. The largest absolute Gasteiger partial charge is 0.347 e. The predicted octanol–water partition coefficient (Wildman–Crippen LogP) is -0.653. The highest BCUT2D eigenvalue weighted by Crippen LogP contribution is 2.00. The van der Waals surface area contributed by atoms with E-state index >= 15 is 0 Å². The summed E-state index contributed by atoms with van der Waals surface area (Å²) in [5, 5.41) is 9.07. The van der Waals surface area contributed by atoms with Crippen molar-refractivity contribution in [2.75, 3.05) is 18.5 Å². The molecule has 18 heavy (non-hydrogen) atoms. The Kier molecular flexibility index (Phi) is 3.79. The van der Waals surface area contributed by atoms with E-state index in [0.717, 1.165) is 0 Å². The van der Waals surface area contributed by atoms with Crippen molar-refractivity contribution in [2.24, 2.45) is 0 Å². The number of aromatic amines is 1. The van der Waals surface area contributed by atoms with E-state index < -0.39 is 0 Å². The van der Waals surface area contributed by atoms with Crippen LogP contribution in [-0.4, -0.2) is 44.6 Å². The van der Waals surface area contributed by atoms with Crippen molar-refractivity contribution >= 4 is 11.9 Å². The molecule has 0 aliphatic rings. The molecule has 2 N–H and O–H groups in total. The lowest BCUT2D eigenvalue weighted by Gasteiger charge is -2.15. The number of rotatable bonds is 5. The van der Waals surface area contributed by atoms with Gasteiger partial charge >= 0.3 is 0 Å². The molecule has 94 valence electrons. The zero-order valence-electron chi connectivity index (χ0n) is 9.87. The maximum absolute atomic E-state index is 11.7. The molecule has 0 saturated carbocycles. The number of likely N-dealkylation sites (N-methyl/N-ethyl adjacent to an activating group) is 1. The SMILES string of the molecule is CN(CC(=O)NCc1ncn[nH]1)c1ncccn1. The molecule has 0 spiro atoms. The van der Waals surface area contributed by atoms with E-state index in [1.54, 1.807) is 30.4 Å². The fourth-order valence-corrected chi connectivity index (χ4v) is 1.33. The Bertz CT molecular complexity index is 484. The predicted molar refractivity (Wildman–Crippen MR) is 63.5 cm³/mol. The van der Waals surface area contributed by atoms with E-state index in [4.69, 9.17) is 0 Å². The fraction of sp³-hybridized carbons (Fsp3) is 0.300. The van der Waals surface area contributed by atoms with Gasteiger partial charge in [-0.2, -0.15) is 5.10 Å². The third kappa shape index (κ3) is 3.24. The second-order valence-electron chi connectivity index (χ2n) is 3.61. The van der Waals surface area contributed by atoms with Gasteiger partial charge < -0.3 is 10.2 Å². The highest BCUT2D eigenvalue weighted by Gasteiger charge is 2.09. The Hall–Kier alpha value is -2.51. The van der Waals surface area contributed by atoms with E-state index in [2.05, 4.69) is 30.5 Å². The topological polar surface area (TPSA) is 99.7 Å². The van der Waals surface area contributed by atoms with Gasteiger partial charge in [-0.05, 0) is 6.07 Å². The van der Waals surface area contributed by atoms with Gasteiger partial charge in [-0.1, -0.05) is 0 Å². The van der Waals surface area contributed by atoms with Crippen LogP contribution in [0.25, 0.3) is 0 Å². The molecule has 2 aromatic heterocycles. The summed E-state index contributed by atoms with van der Waals surface area (Å²) in [5.41, 5.74) is 0. The summed E-state index contributed by atoms with van der Waals surface area (Å²) < 4.78 is 0. The number of amides is 1. The lowest BCUT2D eigenvalue weighted by molar-refractivity contribution is -0.119. The Labute approximate surface area is 103 Å². The van der Waals surface area contributed by atoms with E-state index in [1.807, 2.05) is 0 Å². The number of hydrogen-bond acceptors (Lipinski definition) is 6. The third-order valence-electron chi connectivity index (χ3n) is 2.19. The molecule has 0 bridgehead atoms. The summed E-state index contributed by atoms with van der Waals surface area (Å²) >= 11 is 0. The Morgan fingerprint density at radius 2 is 2.17 bits per heavy atom. The highest BCUT2D eigenvalue weighted by molar-refractivity contribution is 5.80. The van der Waals surface area contributed by atoms with E-state index in [-0.39, 0.29) is 12.5 Å². The summed E-state index contributed by atoms with van der Waals surface area (Å²) in [4.78, 5) is 25.3. The van der Waals surface area contributed by atoms with Crippen molar-refractivity contribution in [1.82, 2.24) is 30.5 Å². The first-order chi connectivity index (χ1) is 8.75. The molecule has 0 aliphatic carbocycles. The van der Waals surface area contributed by atoms with Crippen molar-refractivity contribution < 1.29 is 4.79 Å². The van der Waals surface area contributed by atoms with Crippen molar-refractivity contribution in [3.63, 3.8) is 0 Å². The van der Waals surface area contributed by atoms with Gasteiger partial charge in [-0.3, -0.25) is 9.89 Å². The maximum atomic E-state index is 11.7. The first-order valence-electron chi connectivity index (χ1n) is 5.35. The van der Waals surface area contributed by atoms with Crippen molar-refractivity contribution in [2.45, 2.75) is 6.54 Å². The molecule has 0 saturated heterocycles. The van der Waals surface area contributed by atoms with Gasteiger partial charge in [0.05, 0.1) is 13.1 Å². The maximum Gasteiger partial charge on any atom is 0.239 e. The quantitative estimate of drug-likeness (QED) is 0.728. The molecule has 0 atom stereocenters. The third-order valence-corrected chi connectivity index (χ3v) is 2.19.